The molecule has 0 unspecified atom stereocenters. The van der Waals surface area contributed by atoms with Gasteiger partial charge in [-0.1, -0.05) is 18.2 Å². The second-order valence-corrected chi connectivity index (χ2v) is 6.82. The van der Waals surface area contributed by atoms with E-state index in [-0.39, 0.29) is 18.2 Å². The number of carbonyl (C=O) groups excluding carboxylic acids is 2. The van der Waals surface area contributed by atoms with E-state index in [1.165, 1.54) is 0 Å². The molecule has 3 nitrogen and oxygen atoms in total. The normalized spacial score (nSPS) is 14.2. The molecule has 0 bridgehead atoms. The van der Waals surface area contributed by atoms with E-state index < -0.39 is 0 Å². The number of aryl methyl sites for hydroxylation is 3. The standard InChI is InChI=1S/C17H17NO2S/c1-11-9-14(12(2)21-11)16(19)10-18-15-6-4-3-5-13(15)7-8-17(18)20/h3-6,9H,7-8,10H2,1-2H3. The summed E-state index contributed by atoms with van der Waals surface area (Å²) in [7, 11) is 0. The van der Waals surface area contributed by atoms with Crippen molar-refractivity contribution in [3.8, 4) is 0 Å². The van der Waals surface area contributed by atoms with Crippen molar-refractivity contribution in [2.24, 2.45) is 0 Å². The maximum absolute atomic E-state index is 12.5. The summed E-state index contributed by atoms with van der Waals surface area (Å²) in [6.45, 7) is 4.08. The molecule has 0 fully saturated rings. The first-order valence-corrected chi connectivity index (χ1v) is 7.86. The van der Waals surface area contributed by atoms with Crippen molar-refractivity contribution in [1.82, 2.24) is 0 Å². The summed E-state index contributed by atoms with van der Waals surface area (Å²) in [4.78, 5) is 28.5. The molecule has 0 saturated carbocycles. The van der Waals surface area contributed by atoms with Crippen molar-refractivity contribution in [2.75, 3.05) is 11.4 Å². The zero-order valence-corrected chi connectivity index (χ0v) is 13.0. The van der Waals surface area contributed by atoms with E-state index in [2.05, 4.69) is 0 Å². The van der Waals surface area contributed by atoms with Crippen LogP contribution in [-0.2, 0) is 11.2 Å². The third kappa shape index (κ3) is 2.63. The summed E-state index contributed by atoms with van der Waals surface area (Å²) in [6.07, 6.45) is 1.24. The van der Waals surface area contributed by atoms with Gasteiger partial charge in [-0.15, -0.1) is 11.3 Å². The van der Waals surface area contributed by atoms with Gasteiger partial charge in [0, 0.05) is 27.4 Å². The van der Waals surface area contributed by atoms with E-state index in [1.54, 1.807) is 16.2 Å². The third-order valence-corrected chi connectivity index (χ3v) is 4.80. The van der Waals surface area contributed by atoms with Gasteiger partial charge in [0.05, 0.1) is 6.54 Å². The molecule has 0 aliphatic carbocycles. The molecule has 2 heterocycles. The van der Waals surface area contributed by atoms with Crippen LogP contribution < -0.4 is 4.90 Å². The molecule has 0 N–H and O–H groups in total. The number of amides is 1. The minimum Gasteiger partial charge on any atom is -0.304 e. The van der Waals surface area contributed by atoms with Gasteiger partial charge in [-0.2, -0.15) is 0 Å². The van der Waals surface area contributed by atoms with Crippen LogP contribution in [0, 0.1) is 13.8 Å². The summed E-state index contributed by atoms with van der Waals surface area (Å²) >= 11 is 1.62. The number of carbonyl (C=O) groups is 2. The van der Waals surface area contributed by atoms with Crippen LogP contribution in [0.25, 0.3) is 0 Å². The number of Topliss-reactive ketones (excluding diaryl/α,β-unsaturated/α-hetero) is 1. The maximum Gasteiger partial charge on any atom is 0.227 e. The van der Waals surface area contributed by atoms with Crippen LogP contribution in [0.15, 0.2) is 30.3 Å². The van der Waals surface area contributed by atoms with E-state index in [0.717, 1.165) is 33.0 Å². The van der Waals surface area contributed by atoms with Crippen LogP contribution in [0.3, 0.4) is 0 Å². The molecule has 0 spiro atoms. The van der Waals surface area contributed by atoms with Gasteiger partial charge in [-0.3, -0.25) is 9.59 Å². The molecule has 1 aromatic heterocycles. The molecule has 0 radical (unpaired) electrons. The highest BCUT2D eigenvalue weighted by molar-refractivity contribution is 7.12. The van der Waals surface area contributed by atoms with Crippen LogP contribution in [0.4, 0.5) is 5.69 Å². The molecule has 4 heteroatoms. The average Bonchev–Trinajstić information content (AvgIpc) is 2.81. The third-order valence-electron chi connectivity index (χ3n) is 3.83. The van der Waals surface area contributed by atoms with Crippen molar-refractivity contribution in [1.29, 1.82) is 0 Å². The lowest BCUT2D eigenvalue weighted by molar-refractivity contribution is -0.118. The minimum atomic E-state index is 0.0157. The van der Waals surface area contributed by atoms with Gasteiger partial charge in [0.25, 0.3) is 0 Å². The van der Waals surface area contributed by atoms with E-state index in [0.29, 0.717) is 6.42 Å². The molecule has 1 amide bonds. The van der Waals surface area contributed by atoms with Gasteiger partial charge in [-0.25, -0.2) is 0 Å². The number of anilines is 1. The first kappa shape index (κ1) is 14.0. The monoisotopic (exact) mass is 299 g/mol. The highest BCUT2D eigenvalue weighted by Crippen LogP contribution is 2.28. The molecule has 2 aromatic rings. The Morgan fingerprint density at radius 2 is 2.00 bits per heavy atom. The summed E-state index contributed by atoms with van der Waals surface area (Å²) in [5, 5.41) is 0. The Morgan fingerprint density at radius 1 is 1.24 bits per heavy atom. The molecule has 0 saturated heterocycles. The van der Waals surface area contributed by atoms with Crippen molar-refractivity contribution >= 4 is 28.7 Å². The molecule has 3 rings (SSSR count). The lowest BCUT2D eigenvalue weighted by atomic mass is 10.0. The number of nitrogens with zero attached hydrogens (tertiary/aromatic N) is 1. The number of para-hydroxylation sites is 1. The van der Waals surface area contributed by atoms with Crippen LogP contribution in [0.1, 0.15) is 32.1 Å². The number of rotatable bonds is 3. The quantitative estimate of drug-likeness (QED) is 0.813. The van der Waals surface area contributed by atoms with Crippen LogP contribution in [0.2, 0.25) is 0 Å². The first-order valence-electron chi connectivity index (χ1n) is 7.05. The number of hydrogen-bond donors (Lipinski definition) is 0. The van der Waals surface area contributed by atoms with Gasteiger partial charge >= 0.3 is 0 Å². The Labute approximate surface area is 128 Å². The lowest BCUT2D eigenvalue weighted by Crippen LogP contribution is -2.39. The maximum atomic E-state index is 12.5. The highest BCUT2D eigenvalue weighted by atomic mass is 32.1. The van der Waals surface area contributed by atoms with Crippen LogP contribution in [-0.4, -0.2) is 18.2 Å². The van der Waals surface area contributed by atoms with Crippen molar-refractivity contribution < 1.29 is 9.59 Å². The van der Waals surface area contributed by atoms with E-state index in [1.807, 2.05) is 44.2 Å². The molecule has 1 aliphatic rings. The smallest absolute Gasteiger partial charge is 0.227 e. The van der Waals surface area contributed by atoms with Gasteiger partial charge in [0.1, 0.15) is 0 Å². The predicted octanol–water partition coefficient (Wildman–Crippen LogP) is 3.53. The van der Waals surface area contributed by atoms with Gasteiger partial charge in [0.2, 0.25) is 5.91 Å². The van der Waals surface area contributed by atoms with Crippen molar-refractivity contribution in [3.63, 3.8) is 0 Å². The molecular formula is C17H17NO2S. The first-order chi connectivity index (χ1) is 10.1. The predicted molar refractivity (Wildman–Crippen MR) is 85.2 cm³/mol. The van der Waals surface area contributed by atoms with E-state index in [4.69, 9.17) is 0 Å². The fourth-order valence-electron chi connectivity index (χ4n) is 2.81. The summed E-state index contributed by atoms with van der Waals surface area (Å²) in [6, 6.07) is 9.75. The largest absolute Gasteiger partial charge is 0.304 e. The van der Waals surface area contributed by atoms with Crippen LogP contribution >= 0.6 is 11.3 Å². The second kappa shape index (κ2) is 5.45. The Kier molecular flexibility index (Phi) is 3.64. The molecule has 0 atom stereocenters. The Bertz CT molecular complexity index is 717. The van der Waals surface area contributed by atoms with Gasteiger partial charge in [0.15, 0.2) is 5.78 Å². The summed E-state index contributed by atoms with van der Waals surface area (Å²) in [5.74, 6) is 0.0496. The minimum absolute atomic E-state index is 0.0157. The number of fused-ring (bicyclic) bond motifs is 1. The van der Waals surface area contributed by atoms with Crippen molar-refractivity contribution in [3.05, 3.63) is 51.2 Å². The highest BCUT2D eigenvalue weighted by Gasteiger charge is 2.26. The Morgan fingerprint density at radius 3 is 2.71 bits per heavy atom. The average molecular weight is 299 g/mol. The SMILES string of the molecule is Cc1cc(C(=O)CN2C(=O)CCc3ccccc32)c(C)s1. The molecular weight excluding hydrogens is 282 g/mol. The summed E-state index contributed by atoms with van der Waals surface area (Å²) in [5.41, 5.74) is 2.77. The van der Waals surface area contributed by atoms with Crippen molar-refractivity contribution in [2.45, 2.75) is 26.7 Å². The lowest BCUT2D eigenvalue weighted by Gasteiger charge is -2.28. The number of benzene rings is 1. The number of hydrogen-bond acceptors (Lipinski definition) is 3. The van der Waals surface area contributed by atoms with E-state index in [9.17, 15) is 9.59 Å². The number of ketones is 1. The topological polar surface area (TPSA) is 37.4 Å². The molecule has 21 heavy (non-hydrogen) atoms. The molecule has 108 valence electrons. The molecule has 1 aromatic carbocycles. The zero-order valence-electron chi connectivity index (χ0n) is 12.2. The number of thiophene rings is 1. The Balaban J connectivity index is 1.89. The summed E-state index contributed by atoms with van der Waals surface area (Å²) < 4.78 is 0. The fourth-order valence-corrected chi connectivity index (χ4v) is 3.75. The fraction of sp³-hybridized carbons (Fsp3) is 0.294. The van der Waals surface area contributed by atoms with E-state index >= 15 is 0 Å². The zero-order chi connectivity index (χ0) is 15.0. The molecule has 1 aliphatic heterocycles. The van der Waals surface area contributed by atoms with Gasteiger partial charge in [-0.05, 0) is 38.0 Å². The van der Waals surface area contributed by atoms with Gasteiger partial charge < -0.3 is 4.90 Å². The second-order valence-electron chi connectivity index (χ2n) is 5.36. The van der Waals surface area contributed by atoms with Crippen LogP contribution in [0.5, 0.6) is 0 Å². The Hall–Kier alpha value is -1.94.